The molecule has 1 N–H and O–H groups in total. The third kappa shape index (κ3) is 4.08. The molecular formula is C21H26N2O5. The number of ketones is 1. The van der Waals surface area contributed by atoms with Crippen LogP contribution >= 0.6 is 0 Å². The Kier molecular flexibility index (Phi) is 6.62. The molecule has 0 aliphatic heterocycles. The highest BCUT2D eigenvalue weighted by Crippen LogP contribution is 2.20. The first-order valence-corrected chi connectivity index (χ1v) is 9.07. The topological polar surface area (TPSA) is 90.4 Å². The van der Waals surface area contributed by atoms with Crippen LogP contribution in [0.1, 0.15) is 60.8 Å². The van der Waals surface area contributed by atoms with Gasteiger partial charge in [0.05, 0.1) is 12.2 Å². The molecule has 0 unspecified atom stereocenters. The van der Waals surface area contributed by atoms with E-state index in [9.17, 15) is 14.4 Å². The fourth-order valence-electron chi connectivity index (χ4n) is 3.24. The normalized spacial score (nSPS) is 10.6. The highest BCUT2D eigenvalue weighted by Gasteiger charge is 2.25. The van der Waals surface area contributed by atoms with Crippen molar-refractivity contribution >= 4 is 17.7 Å². The van der Waals surface area contributed by atoms with Crippen molar-refractivity contribution in [1.82, 2.24) is 9.55 Å². The first-order chi connectivity index (χ1) is 13.2. The molecule has 0 amide bonds. The lowest BCUT2D eigenvalue weighted by Gasteiger charge is -2.07. The second kappa shape index (κ2) is 8.73. The first kappa shape index (κ1) is 21.2. The number of carbonyl (C=O) groups is 3. The van der Waals surface area contributed by atoms with Gasteiger partial charge in [0.2, 0.25) is 5.78 Å². The lowest BCUT2D eigenvalue weighted by atomic mass is 10.1. The fourth-order valence-corrected chi connectivity index (χ4v) is 3.24. The molecule has 7 heteroatoms. The second-order valence-corrected chi connectivity index (χ2v) is 6.53. The molecule has 0 saturated carbocycles. The predicted octanol–water partition coefficient (Wildman–Crippen LogP) is 3.45. The maximum absolute atomic E-state index is 12.5. The monoisotopic (exact) mass is 386 g/mol. The molecule has 2 rings (SSSR count). The molecule has 150 valence electrons. The van der Waals surface area contributed by atoms with Crippen molar-refractivity contribution in [2.24, 2.45) is 0 Å². The number of rotatable bonds is 8. The van der Waals surface area contributed by atoms with Gasteiger partial charge in [-0.25, -0.2) is 9.59 Å². The van der Waals surface area contributed by atoms with E-state index in [1.807, 2.05) is 18.4 Å². The lowest BCUT2D eigenvalue weighted by molar-refractivity contribution is 0.0468. The highest BCUT2D eigenvalue weighted by molar-refractivity contribution is 6.02. The van der Waals surface area contributed by atoms with Crippen molar-refractivity contribution in [1.29, 1.82) is 0 Å². The van der Waals surface area contributed by atoms with Crippen LogP contribution in [0.5, 0.6) is 0 Å². The molecule has 0 aromatic carbocycles. The number of aryl methyl sites for hydroxylation is 2. The van der Waals surface area contributed by atoms with E-state index < -0.39 is 11.9 Å². The number of nitrogens with zero attached hydrogens (tertiary/aromatic N) is 1. The Morgan fingerprint density at radius 1 is 1.14 bits per heavy atom. The number of aromatic amines is 1. The van der Waals surface area contributed by atoms with E-state index in [1.165, 1.54) is 0 Å². The number of nitrogens with one attached hydrogen (secondary N) is 1. The van der Waals surface area contributed by atoms with Crippen LogP contribution in [0.2, 0.25) is 0 Å². The minimum atomic E-state index is -0.690. The van der Waals surface area contributed by atoms with Crippen molar-refractivity contribution in [3.63, 3.8) is 0 Å². The van der Waals surface area contributed by atoms with Crippen molar-refractivity contribution in [3.8, 4) is 0 Å². The van der Waals surface area contributed by atoms with E-state index in [0.717, 1.165) is 11.4 Å². The molecule has 0 atom stereocenters. The van der Waals surface area contributed by atoms with Crippen LogP contribution in [0.15, 0.2) is 18.7 Å². The number of aromatic nitrogens is 2. The van der Waals surface area contributed by atoms with E-state index in [4.69, 9.17) is 9.47 Å². The summed E-state index contributed by atoms with van der Waals surface area (Å²) in [4.78, 5) is 39.8. The number of allylic oxidation sites excluding steroid dienone is 1. The van der Waals surface area contributed by atoms with Crippen LogP contribution in [-0.2, 0) is 16.0 Å². The number of H-pyrrole nitrogens is 1. The highest BCUT2D eigenvalue weighted by atomic mass is 16.5. The fraction of sp³-hybridized carbons (Fsp3) is 0.381. The average Bonchev–Trinajstić information content (AvgIpc) is 3.10. The molecule has 0 fully saturated rings. The molecule has 28 heavy (non-hydrogen) atoms. The van der Waals surface area contributed by atoms with E-state index in [-0.39, 0.29) is 24.7 Å². The van der Waals surface area contributed by atoms with Gasteiger partial charge in [0.25, 0.3) is 0 Å². The van der Waals surface area contributed by atoms with Gasteiger partial charge in [-0.15, -0.1) is 6.58 Å². The smallest absolute Gasteiger partial charge is 0.355 e. The summed E-state index contributed by atoms with van der Waals surface area (Å²) in [6.07, 6.45) is 1.76. The third-order valence-corrected chi connectivity index (χ3v) is 4.64. The molecule has 0 spiro atoms. The maximum atomic E-state index is 12.5. The minimum Gasteiger partial charge on any atom is -0.462 e. The van der Waals surface area contributed by atoms with Gasteiger partial charge in [-0.05, 0) is 46.2 Å². The summed E-state index contributed by atoms with van der Waals surface area (Å²) in [7, 11) is 0. The summed E-state index contributed by atoms with van der Waals surface area (Å²) in [5.74, 6) is -1.48. The lowest BCUT2D eigenvalue weighted by Crippen LogP contribution is -2.16. The van der Waals surface area contributed by atoms with E-state index in [2.05, 4.69) is 11.6 Å². The largest absolute Gasteiger partial charge is 0.462 e. The zero-order valence-corrected chi connectivity index (χ0v) is 17.0. The van der Waals surface area contributed by atoms with Gasteiger partial charge in [-0.1, -0.05) is 6.08 Å². The van der Waals surface area contributed by atoms with Gasteiger partial charge < -0.3 is 19.0 Å². The molecule has 7 nitrogen and oxygen atoms in total. The van der Waals surface area contributed by atoms with Gasteiger partial charge in [-0.2, -0.15) is 0 Å². The number of hydrogen-bond acceptors (Lipinski definition) is 5. The zero-order valence-electron chi connectivity index (χ0n) is 17.0. The molecule has 2 heterocycles. The Morgan fingerprint density at radius 2 is 1.82 bits per heavy atom. The Hall–Kier alpha value is -3.09. The number of Topliss-reactive ketones (excluding diaryl/α,β-unsaturated/α-hetero) is 1. The summed E-state index contributed by atoms with van der Waals surface area (Å²) >= 11 is 0. The SMILES string of the molecule is C=CCn1c(C)cc(C(=O)COC(=O)c2[nH]c(C)c(C(=O)OCC)c2C)c1C. The van der Waals surface area contributed by atoms with Crippen molar-refractivity contribution in [2.75, 3.05) is 13.2 Å². The van der Waals surface area contributed by atoms with Crippen LogP contribution in [0.25, 0.3) is 0 Å². The van der Waals surface area contributed by atoms with Gasteiger partial charge >= 0.3 is 11.9 Å². The molecule has 2 aromatic heterocycles. The summed E-state index contributed by atoms with van der Waals surface area (Å²) < 4.78 is 12.2. The number of esters is 2. The number of carbonyl (C=O) groups excluding carboxylic acids is 3. The molecule has 0 bridgehead atoms. The quantitative estimate of drug-likeness (QED) is 0.426. The standard InChI is InChI=1S/C21H26N2O5/c1-7-9-23-12(3)10-16(15(23)6)17(24)11-28-21(26)19-13(4)18(14(5)22-19)20(25)27-8-2/h7,10,22H,1,8-9,11H2,2-6H3. The van der Waals surface area contributed by atoms with E-state index >= 15 is 0 Å². The van der Waals surface area contributed by atoms with Crippen molar-refractivity contribution < 1.29 is 23.9 Å². The molecule has 2 aromatic rings. The Labute approximate surface area is 164 Å². The van der Waals surface area contributed by atoms with E-state index in [1.54, 1.807) is 32.9 Å². The summed E-state index contributed by atoms with van der Waals surface area (Å²) in [5, 5.41) is 0. The summed E-state index contributed by atoms with van der Waals surface area (Å²) in [6.45, 7) is 12.9. The molecule has 0 aliphatic carbocycles. The molecular weight excluding hydrogens is 360 g/mol. The van der Waals surface area contributed by atoms with Crippen LogP contribution in [0.4, 0.5) is 0 Å². The Balaban J connectivity index is 2.14. The van der Waals surface area contributed by atoms with Crippen LogP contribution in [-0.4, -0.2) is 40.5 Å². The van der Waals surface area contributed by atoms with Crippen LogP contribution in [0.3, 0.4) is 0 Å². The maximum Gasteiger partial charge on any atom is 0.355 e. The average molecular weight is 386 g/mol. The second-order valence-electron chi connectivity index (χ2n) is 6.53. The number of ether oxygens (including phenoxy) is 2. The summed E-state index contributed by atoms with van der Waals surface area (Å²) in [6, 6.07) is 1.78. The van der Waals surface area contributed by atoms with Crippen molar-refractivity contribution in [3.05, 3.63) is 58.2 Å². The number of hydrogen-bond donors (Lipinski definition) is 1. The Morgan fingerprint density at radius 3 is 2.43 bits per heavy atom. The predicted molar refractivity (Wildman–Crippen MR) is 105 cm³/mol. The molecule has 0 saturated heterocycles. The molecule has 0 aliphatic rings. The third-order valence-electron chi connectivity index (χ3n) is 4.64. The minimum absolute atomic E-state index is 0.144. The van der Waals surface area contributed by atoms with Gasteiger partial charge in [0.15, 0.2) is 6.61 Å². The van der Waals surface area contributed by atoms with Crippen LogP contribution in [0, 0.1) is 27.7 Å². The first-order valence-electron chi connectivity index (χ1n) is 9.07. The van der Waals surface area contributed by atoms with Crippen LogP contribution < -0.4 is 0 Å². The van der Waals surface area contributed by atoms with Gasteiger partial charge in [-0.3, -0.25) is 4.79 Å². The van der Waals surface area contributed by atoms with E-state index in [0.29, 0.717) is 28.9 Å². The molecule has 0 radical (unpaired) electrons. The Bertz CT molecular complexity index is 933. The zero-order chi connectivity index (χ0) is 21.0. The van der Waals surface area contributed by atoms with Crippen molar-refractivity contribution in [2.45, 2.75) is 41.2 Å². The van der Waals surface area contributed by atoms with Gasteiger partial charge in [0.1, 0.15) is 5.69 Å². The van der Waals surface area contributed by atoms with Gasteiger partial charge in [0, 0.05) is 29.2 Å². The summed E-state index contributed by atoms with van der Waals surface area (Å²) in [5.41, 5.74) is 3.66.